The van der Waals surface area contributed by atoms with Gasteiger partial charge in [-0.1, -0.05) is 29.8 Å². The van der Waals surface area contributed by atoms with Gasteiger partial charge in [0, 0.05) is 17.3 Å². The Bertz CT molecular complexity index is 574. The smallest absolute Gasteiger partial charge is 0.126 e. The Morgan fingerprint density at radius 2 is 2.05 bits per heavy atom. The molecule has 0 spiro atoms. The normalized spacial score (nSPS) is 12.2. The molecule has 1 atom stereocenters. The standard InChI is InChI=1S/C15H15ClFNO/c1-10-7-11(5-6-14(10)17)15(19)9-18-13-4-2-3-12(16)8-13/h2-8,15,18-19H,9H2,1H3. The first-order valence-electron chi connectivity index (χ1n) is 6.00. The monoisotopic (exact) mass is 279 g/mol. The number of aliphatic hydroxyl groups is 1. The van der Waals surface area contributed by atoms with Gasteiger partial charge in [-0.05, 0) is 42.3 Å². The van der Waals surface area contributed by atoms with Gasteiger partial charge in [-0.25, -0.2) is 4.39 Å². The Labute approximate surface area is 116 Å². The van der Waals surface area contributed by atoms with Crippen molar-refractivity contribution in [1.29, 1.82) is 0 Å². The fourth-order valence-corrected chi connectivity index (χ4v) is 2.00. The number of anilines is 1. The van der Waals surface area contributed by atoms with E-state index in [1.165, 1.54) is 6.07 Å². The van der Waals surface area contributed by atoms with Crippen LogP contribution in [0.25, 0.3) is 0 Å². The molecule has 0 fully saturated rings. The van der Waals surface area contributed by atoms with Crippen molar-refractivity contribution in [3.63, 3.8) is 0 Å². The zero-order valence-electron chi connectivity index (χ0n) is 10.5. The van der Waals surface area contributed by atoms with Crippen molar-refractivity contribution in [2.24, 2.45) is 0 Å². The minimum Gasteiger partial charge on any atom is -0.387 e. The highest BCUT2D eigenvalue weighted by Gasteiger charge is 2.09. The molecule has 0 saturated heterocycles. The molecule has 2 aromatic rings. The largest absolute Gasteiger partial charge is 0.387 e. The topological polar surface area (TPSA) is 32.3 Å². The van der Waals surface area contributed by atoms with Gasteiger partial charge in [0.05, 0.1) is 6.10 Å². The molecular weight excluding hydrogens is 265 g/mol. The first-order valence-corrected chi connectivity index (χ1v) is 6.37. The number of aryl methyl sites for hydroxylation is 1. The second-order valence-electron chi connectivity index (χ2n) is 4.42. The zero-order chi connectivity index (χ0) is 13.8. The molecular formula is C15H15ClFNO. The highest BCUT2D eigenvalue weighted by atomic mass is 35.5. The summed E-state index contributed by atoms with van der Waals surface area (Å²) in [7, 11) is 0. The van der Waals surface area contributed by atoms with Crippen LogP contribution in [-0.2, 0) is 0 Å². The molecule has 0 radical (unpaired) electrons. The lowest BCUT2D eigenvalue weighted by molar-refractivity contribution is 0.191. The fourth-order valence-electron chi connectivity index (χ4n) is 1.81. The van der Waals surface area contributed by atoms with E-state index >= 15 is 0 Å². The molecule has 0 aliphatic carbocycles. The molecule has 2 nitrogen and oxygen atoms in total. The Morgan fingerprint density at radius 1 is 1.26 bits per heavy atom. The van der Waals surface area contributed by atoms with Gasteiger partial charge in [0.2, 0.25) is 0 Å². The zero-order valence-corrected chi connectivity index (χ0v) is 11.3. The van der Waals surface area contributed by atoms with E-state index < -0.39 is 6.10 Å². The number of rotatable bonds is 4. The molecule has 19 heavy (non-hydrogen) atoms. The minimum atomic E-state index is -0.696. The van der Waals surface area contributed by atoms with Gasteiger partial charge >= 0.3 is 0 Å². The third-order valence-electron chi connectivity index (χ3n) is 2.89. The maximum atomic E-state index is 13.1. The SMILES string of the molecule is Cc1cc(C(O)CNc2cccc(Cl)c2)ccc1F. The summed E-state index contributed by atoms with van der Waals surface area (Å²) in [6.45, 7) is 2.02. The van der Waals surface area contributed by atoms with Crippen LogP contribution in [-0.4, -0.2) is 11.7 Å². The lowest BCUT2D eigenvalue weighted by atomic mass is 10.1. The second kappa shape index (κ2) is 6.04. The van der Waals surface area contributed by atoms with Crippen LogP contribution < -0.4 is 5.32 Å². The van der Waals surface area contributed by atoms with Crippen LogP contribution in [0.1, 0.15) is 17.2 Å². The quantitative estimate of drug-likeness (QED) is 0.889. The summed E-state index contributed by atoms with van der Waals surface area (Å²) in [6, 6.07) is 11.9. The van der Waals surface area contributed by atoms with E-state index in [2.05, 4.69) is 5.32 Å². The van der Waals surface area contributed by atoms with Gasteiger partial charge < -0.3 is 10.4 Å². The van der Waals surface area contributed by atoms with E-state index in [9.17, 15) is 9.50 Å². The third kappa shape index (κ3) is 3.69. The van der Waals surface area contributed by atoms with E-state index in [0.29, 0.717) is 22.7 Å². The van der Waals surface area contributed by atoms with Gasteiger partial charge in [0.15, 0.2) is 0 Å². The highest BCUT2D eigenvalue weighted by Crippen LogP contribution is 2.19. The number of hydrogen-bond donors (Lipinski definition) is 2. The van der Waals surface area contributed by atoms with Crippen molar-refractivity contribution in [2.45, 2.75) is 13.0 Å². The molecule has 0 aliphatic rings. The molecule has 100 valence electrons. The number of halogens is 2. The second-order valence-corrected chi connectivity index (χ2v) is 4.85. The van der Waals surface area contributed by atoms with Gasteiger partial charge in [0.25, 0.3) is 0 Å². The van der Waals surface area contributed by atoms with Crippen LogP contribution in [0.5, 0.6) is 0 Å². The van der Waals surface area contributed by atoms with Crippen LogP contribution in [0, 0.1) is 12.7 Å². The maximum absolute atomic E-state index is 13.1. The van der Waals surface area contributed by atoms with Crippen molar-refractivity contribution in [3.05, 3.63) is 64.4 Å². The van der Waals surface area contributed by atoms with E-state index in [0.717, 1.165) is 5.69 Å². The van der Waals surface area contributed by atoms with Gasteiger partial charge in [0.1, 0.15) is 5.82 Å². The maximum Gasteiger partial charge on any atom is 0.126 e. The summed E-state index contributed by atoms with van der Waals surface area (Å²) in [5, 5.41) is 13.8. The van der Waals surface area contributed by atoms with E-state index in [1.54, 1.807) is 31.2 Å². The predicted molar refractivity (Wildman–Crippen MR) is 76.0 cm³/mol. The van der Waals surface area contributed by atoms with Gasteiger partial charge in [-0.2, -0.15) is 0 Å². The predicted octanol–water partition coefficient (Wildman–Crippen LogP) is 3.93. The number of benzene rings is 2. The average Bonchev–Trinajstić information content (AvgIpc) is 2.39. The third-order valence-corrected chi connectivity index (χ3v) is 3.13. The molecule has 2 aromatic carbocycles. The van der Waals surface area contributed by atoms with E-state index in [1.807, 2.05) is 12.1 Å². The van der Waals surface area contributed by atoms with Crippen LogP contribution in [0.2, 0.25) is 5.02 Å². The van der Waals surface area contributed by atoms with Crippen molar-refractivity contribution < 1.29 is 9.50 Å². The summed E-state index contributed by atoms with van der Waals surface area (Å²) in [6.07, 6.45) is -0.696. The lowest BCUT2D eigenvalue weighted by Crippen LogP contribution is -2.12. The van der Waals surface area contributed by atoms with E-state index in [-0.39, 0.29) is 5.82 Å². The van der Waals surface area contributed by atoms with Crippen molar-refractivity contribution in [3.8, 4) is 0 Å². The van der Waals surface area contributed by atoms with Crippen LogP contribution in [0.15, 0.2) is 42.5 Å². The van der Waals surface area contributed by atoms with E-state index in [4.69, 9.17) is 11.6 Å². The van der Waals surface area contributed by atoms with Crippen LogP contribution in [0.4, 0.5) is 10.1 Å². The summed E-state index contributed by atoms with van der Waals surface area (Å²) >= 11 is 5.87. The molecule has 0 aromatic heterocycles. The molecule has 0 heterocycles. The van der Waals surface area contributed by atoms with Crippen molar-refractivity contribution in [1.82, 2.24) is 0 Å². The molecule has 0 aliphatic heterocycles. The number of nitrogens with one attached hydrogen (secondary N) is 1. The molecule has 1 unspecified atom stereocenters. The molecule has 0 bridgehead atoms. The average molecular weight is 280 g/mol. The minimum absolute atomic E-state index is 0.265. The highest BCUT2D eigenvalue weighted by molar-refractivity contribution is 6.30. The first kappa shape index (κ1) is 13.8. The van der Waals surface area contributed by atoms with Crippen molar-refractivity contribution >= 4 is 17.3 Å². The summed E-state index contributed by atoms with van der Waals surface area (Å²) in [5.74, 6) is -0.265. The summed E-state index contributed by atoms with van der Waals surface area (Å²) in [4.78, 5) is 0. The molecule has 0 saturated carbocycles. The fraction of sp³-hybridized carbons (Fsp3) is 0.200. The van der Waals surface area contributed by atoms with Crippen LogP contribution in [0.3, 0.4) is 0 Å². The first-order chi connectivity index (χ1) is 9.06. The molecule has 2 rings (SSSR count). The molecule has 4 heteroatoms. The summed E-state index contributed by atoms with van der Waals surface area (Å²) in [5.41, 5.74) is 2.05. The lowest BCUT2D eigenvalue weighted by Gasteiger charge is -2.14. The molecule has 2 N–H and O–H groups in total. The Hall–Kier alpha value is -1.58. The van der Waals surface area contributed by atoms with Gasteiger partial charge in [-0.15, -0.1) is 0 Å². The van der Waals surface area contributed by atoms with Gasteiger partial charge in [-0.3, -0.25) is 0 Å². The Balaban J connectivity index is 2.01. The Morgan fingerprint density at radius 3 is 2.74 bits per heavy atom. The molecule has 0 amide bonds. The van der Waals surface area contributed by atoms with Crippen LogP contribution >= 0.6 is 11.6 Å². The Kier molecular flexibility index (Phi) is 4.40. The van der Waals surface area contributed by atoms with Crippen molar-refractivity contribution in [2.75, 3.05) is 11.9 Å². The number of aliphatic hydroxyl groups excluding tert-OH is 1. The number of hydrogen-bond acceptors (Lipinski definition) is 2. The summed E-state index contributed by atoms with van der Waals surface area (Å²) < 4.78 is 13.1.